The van der Waals surface area contributed by atoms with Crippen molar-refractivity contribution in [2.45, 2.75) is 112 Å². The maximum atomic E-state index is 12.8. The molecule has 0 aliphatic heterocycles. The second-order valence-electron chi connectivity index (χ2n) is 15.1. The summed E-state index contributed by atoms with van der Waals surface area (Å²) >= 11 is 0. The molecule has 0 amide bonds. The van der Waals surface area contributed by atoms with Crippen LogP contribution in [0.4, 0.5) is 0 Å². The highest BCUT2D eigenvalue weighted by Gasteiger charge is 2.70. The predicted molar refractivity (Wildman–Crippen MR) is 135 cm³/mol. The first-order chi connectivity index (χ1) is 16.1. The zero-order valence-electron chi connectivity index (χ0n) is 22.7. The first-order valence-corrected chi connectivity index (χ1v) is 14.0. The molecule has 0 aromatic heterocycles. The Hall–Kier alpha value is -0.910. The summed E-state index contributed by atoms with van der Waals surface area (Å²) in [5, 5.41) is 42.8. The lowest BCUT2D eigenvalue weighted by molar-refractivity contribution is -0.243. The maximum Gasteiger partial charge on any atom is 0.310 e. The molecule has 0 aromatic carbocycles. The molecule has 198 valence electrons. The summed E-state index contributed by atoms with van der Waals surface area (Å²) in [7, 11) is 0. The van der Waals surface area contributed by atoms with E-state index in [0.717, 1.165) is 51.4 Å². The topological polar surface area (TPSA) is 98.0 Å². The molecule has 4 saturated carbocycles. The van der Waals surface area contributed by atoms with Crippen LogP contribution in [-0.4, -0.2) is 45.2 Å². The van der Waals surface area contributed by atoms with Crippen LogP contribution in [0.15, 0.2) is 11.6 Å². The van der Waals surface area contributed by atoms with Crippen molar-refractivity contribution in [1.82, 2.24) is 0 Å². The minimum absolute atomic E-state index is 0.00698. The Bertz CT molecular complexity index is 941. The van der Waals surface area contributed by atoms with Crippen molar-refractivity contribution in [1.29, 1.82) is 0 Å². The van der Waals surface area contributed by atoms with Gasteiger partial charge in [0.05, 0.1) is 24.2 Å². The number of fused-ring (bicyclic) bond motifs is 7. The summed E-state index contributed by atoms with van der Waals surface area (Å²) in [6.45, 7) is 13.6. The summed E-state index contributed by atoms with van der Waals surface area (Å²) in [6, 6.07) is 0. The molecule has 0 spiro atoms. The van der Waals surface area contributed by atoms with Gasteiger partial charge < -0.3 is 20.4 Å². The monoisotopic (exact) mass is 488 g/mol. The van der Waals surface area contributed by atoms with Gasteiger partial charge in [-0.1, -0.05) is 53.2 Å². The second-order valence-corrected chi connectivity index (χ2v) is 15.1. The molecule has 5 aliphatic carbocycles. The molecule has 0 bridgehead atoms. The fourth-order valence-electron chi connectivity index (χ4n) is 10.8. The second kappa shape index (κ2) is 7.57. The largest absolute Gasteiger partial charge is 0.481 e. The average Bonchev–Trinajstić information content (AvgIpc) is 2.77. The summed E-state index contributed by atoms with van der Waals surface area (Å²) in [6.07, 6.45) is 8.40. The molecule has 35 heavy (non-hydrogen) atoms. The van der Waals surface area contributed by atoms with Gasteiger partial charge >= 0.3 is 5.97 Å². The molecule has 1 unspecified atom stereocenters. The van der Waals surface area contributed by atoms with E-state index in [0.29, 0.717) is 12.3 Å². The highest BCUT2D eigenvalue weighted by atomic mass is 16.4. The number of carboxylic acid groups (broad SMARTS) is 1. The van der Waals surface area contributed by atoms with Gasteiger partial charge in [0.25, 0.3) is 0 Å². The van der Waals surface area contributed by atoms with Gasteiger partial charge in [-0.25, -0.2) is 0 Å². The smallest absolute Gasteiger partial charge is 0.310 e. The van der Waals surface area contributed by atoms with Gasteiger partial charge in [0, 0.05) is 5.41 Å². The highest BCUT2D eigenvalue weighted by Crippen LogP contribution is 2.75. The van der Waals surface area contributed by atoms with Gasteiger partial charge in [-0.3, -0.25) is 4.79 Å². The summed E-state index contributed by atoms with van der Waals surface area (Å²) in [4.78, 5) is 12.8. The molecule has 5 heteroatoms. The molecule has 4 N–H and O–H groups in total. The van der Waals surface area contributed by atoms with Gasteiger partial charge in [-0.05, 0) is 97.2 Å². The van der Waals surface area contributed by atoms with Crippen molar-refractivity contribution in [2.75, 3.05) is 6.61 Å². The number of hydrogen-bond donors (Lipinski definition) is 4. The number of aliphatic hydroxyl groups is 3. The van der Waals surface area contributed by atoms with E-state index in [2.05, 4.69) is 40.7 Å². The summed E-state index contributed by atoms with van der Waals surface area (Å²) < 4.78 is 0. The van der Waals surface area contributed by atoms with E-state index in [1.165, 1.54) is 5.57 Å². The van der Waals surface area contributed by atoms with Crippen molar-refractivity contribution in [3.8, 4) is 0 Å². The Morgan fingerprint density at radius 2 is 1.60 bits per heavy atom. The number of carbonyl (C=O) groups is 1. The normalized spacial score (nSPS) is 55.0. The highest BCUT2D eigenvalue weighted by molar-refractivity contribution is 5.76. The van der Waals surface area contributed by atoms with Crippen molar-refractivity contribution >= 4 is 5.97 Å². The van der Waals surface area contributed by atoms with Crippen molar-refractivity contribution in [3.63, 3.8) is 0 Å². The van der Waals surface area contributed by atoms with E-state index in [9.17, 15) is 25.2 Å². The number of carboxylic acids is 1. The third-order valence-electron chi connectivity index (χ3n) is 13.2. The van der Waals surface area contributed by atoms with Crippen LogP contribution in [0.1, 0.15) is 99.3 Å². The van der Waals surface area contributed by atoms with E-state index < -0.39 is 29.0 Å². The molecule has 5 nitrogen and oxygen atoms in total. The fourth-order valence-corrected chi connectivity index (χ4v) is 10.8. The molecule has 0 saturated heterocycles. The van der Waals surface area contributed by atoms with Gasteiger partial charge in [-0.15, -0.1) is 0 Å². The lowest BCUT2D eigenvalue weighted by Gasteiger charge is -2.71. The minimum Gasteiger partial charge on any atom is -0.481 e. The Balaban J connectivity index is 1.61. The third kappa shape index (κ3) is 3.07. The Labute approximate surface area is 211 Å². The summed E-state index contributed by atoms with van der Waals surface area (Å²) in [5.41, 5.74) is -0.0632. The molecule has 0 radical (unpaired) electrons. The third-order valence-corrected chi connectivity index (χ3v) is 13.2. The first kappa shape index (κ1) is 25.7. The van der Waals surface area contributed by atoms with E-state index in [1.54, 1.807) is 0 Å². The SMILES string of the molecule is CC1(C)CC[C@]2(C(=O)O)CC[C@]3(C)C(=CC[C@@H]4[C@@]5(C)C[C@H](O)[C@H](O)C(C)(CO)[C@@H]5CC[C@]43C)[C@@H]2C1. The van der Waals surface area contributed by atoms with Crippen LogP contribution in [0.5, 0.6) is 0 Å². The molecule has 4 fully saturated rings. The molecular weight excluding hydrogens is 440 g/mol. The maximum absolute atomic E-state index is 12.8. The zero-order valence-corrected chi connectivity index (χ0v) is 22.7. The van der Waals surface area contributed by atoms with Gasteiger partial charge in [0.15, 0.2) is 0 Å². The Morgan fingerprint density at radius 3 is 2.23 bits per heavy atom. The predicted octanol–water partition coefficient (Wildman–Crippen LogP) is 5.18. The fraction of sp³-hybridized carbons (Fsp3) is 0.900. The lowest BCUT2D eigenvalue weighted by Crippen LogP contribution is -2.68. The van der Waals surface area contributed by atoms with Crippen LogP contribution in [-0.2, 0) is 4.79 Å². The summed E-state index contributed by atoms with van der Waals surface area (Å²) in [5.74, 6) is -0.0472. The van der Waals surface area contributed by atoms with Gasteiger partial charge in [0.2, 0.25) is 0 Å². The van der Waals surface area contributed by atoms with Crippen LogP contribution in [0.3, 0.4) is 0 Å². The Morgan fingerprint density at radius 1 is 0.943 bits per heavy atom. The molecule has 0 heterocycles. The Kier molecular flexibility index (Phi) is 5.56. The lowest BCUT2D eigenvalue weighted by atomic mass is 9.33. The molecule has 0 aromatic rings. The van der Waals surface area contributed by atoms with Crippen molar-refractivity contribution in [3.05, 3.63) is 11.6 Å². The van der Waals surface area contributed by atoms with Crippen LogP contribution in [0.2, 0.25) is 0 Å². The zero-order chi connectivity index (χ0) is 25.8. The van der Waals surface area contributed by atoms with Crippen molar-refractivity contribution in [2.24, 2.45) is 50.2 Å². The average molecular weight is 489 g/mol. The quantitative estimate of drug-likeness (QED) is 0.402. The molecule has 5 aliphatic rings. The van der Waals surface area contributed by atoms with Crippen molar-refractivity contribution < 1.29 is 25.2 Å². The molecular formula is C30H48O5. The molecule has 5 rings (SSSR count). The van der Waals surface area contributed by atoms with E-state index >= 15 is 0 Å². The molecule has 10 atom stereocenters. The first-order valence-electron chi connectivity index (χ1n) is 14.0. The number of rotatable bonds is 2. The number of allylic oxidation sites excluding steroid dienone is 2. The van der Waals surface area contributed by atoms with E-state index in [4.69, 9.17) is 0 Å². The van der Waals surface area contributed by atoms with Gasteiger partial charge in [-0.2, -0.15) is 0 Å². The number of aliphatic hydroxyl groups excluding tert-OH is 3. The van der Waals surface area contributed by atoms with Crippen LogP contribution >= 0.6 is 0 Å². The van der Waals surface area contributed by atoms with Crippen LogP contribution in [0.25, 0.3) is 0 Å². The number of hydrogen-bond acceptors (Lipinski definition) is 4. The number of aliphatic carboxylic acids is 1. The standard InChI is InChI=1S/C30H48O5/c1-25(2)11-13-30(24(34)35)14-12-28(5)18(19(30)15-25)7-8-22-26(3)16-20(32)23(33)27(4,17-31)21(26)9-10-29(22,28)6/h7,19-23,31-33H,8-17H2,1-6H3,(H,34,35)/t19-,20-,21+,22+,23-,26-,27?,28+,29+,30-/m0/s1. The van der Waals surface area contributed by atoms with E-state index in [1.807, 2.05) is 6.92 Å². The van der Waals surface area contributed by atoms with Crippen LogP contribution in [0, 0.1) is 50.2 Å². The van der Waals surface area contributed by atoms with Crippen LogP contribution < -0.4 is 0 Å². The minimum atomic E-state index is -0.907. The van der Waals surface area contributed by atoms with Gasteiger partial charge in [0.1, 0.15) is 0 Å². The van der Waals surface area contributed by atoms with E-state index in [-0.39, 0.29) is 40.1 Å².